The number of furan rings is 1. The minimum atomic E-state index is -0.920. The molecule has 0 saturated heterocycles. The van der Waals surface area contributed by atoms with Crippen LogP contribution >= 0.6 is 0 Å². The number of fused-ring (bicyclic) bond motifs is 1. The van der Waals surface area contributed by atoms with Crippen LogP contribution in [0.15, 0.2) is 119 Å². The number of aliphatic hydroxyl groups is 1. The van der Waals surface area contributed by atoms with E-state index in [0.29, 0.717) is 39.5 Å². The quantitative estimate of drug-likeness (QED) is 0.231. The summed E-state index contributed by atoms with van der Waals surface area (Å²) < 4.78 is 17.3. The molecule has 1 N–H and O–H groups in total. The normalized spacial score (nSPS) is 15.1. The molecule has 198 valence electrons. The molecule has 8 heteroatoms. The van der Waals surface area contributed by atoms with Gasteiger partial charge in [-0.15, -0.1) is 0 Å². The molecule has 0 spiro atoms. The van der Waals surface area contributed by atoms with Crippen molar-refractivity contribution in [3.05, 3.63) is 132 Å². The molecule has 1 atom stereocenters. The molecule has 0 aliphatic carbocycles. The number of para-hydroxylation sites is 2. The molecule has 1 unspecified atom stereocenters. The Labute approximate surface area is 229 Å². The van der Waals surface area contributed by atoms with Crippen LogP contribution in [0.3, 0.4) is 0 Å². The van der Waals surface area contributed by atoms with Crippen LogP contribution in [0.5, 0.6) is 17.2 Å². The first-order valence-electron chi connectivity index (χ1n) is 12.6. The number of hydrogen-bond donors (Lipinski definition) is 1. The Balaban J connectivity index is 1.43. The zero-order valence-electron chi connectivity index (χ0n) is 21.5. The van der Waals surface area contributed by atoms with Crippen molar-refractivity contribution in [2.45, 2.75) is 12.6 Å². The molecule has 40 heavy (non-hydrogen) atoms. The van der Waals surface area contributed by atoms with E-state index in [1.165, 1.54) is 12.0 Å². The van der Waals surface area contributed by atoms with Crippen molar-refractivity contribution in [2.24, 2.45) is 0 Å². The summed E-state index contributed by atoms with van der Waals surface area (Å²) in [6.07, 6.45) is 1.63. The summed E-state index contributed by atoms with van der Waals surface area (Å²) in [4.78, 5) is 33.2. The van der Waals surface area contributed by atoms with Gasteiger partial charge in [-0.25, -0.2) is 0 Å². The zero-order chi connectivity index (χ0) is 27.6. The SMILES string of the molecule is COc1cccc2cc(C(=O)C3=C(O)C(=O)N(Cc4ccccn4)C3c3cccc(Oc4ccccc4)c3)oc12. The first kappa shape index (κ1) is 24.9. The van der Waals surface area contributed by atoms with E-state index >= 15 is 0 Å². The van der Waals surface area contributed by atoms with Gasteiger partial charge in [0.2, 0.25) is 5.78 Å². The van der Waals surface area contributed by atoms with Gasteiger partial charge in [-0.1, -0.05) is 48.5 Å². The fourth-order valence-electron chi connectivity index (χ4n) is 4.88. The molecule has 6 rings (SSSR count). The van der Waals surface area contributed by atoms with Gasteiger partial charge in [0.1, 0.15) is 11.5 Å². The molecule has 3 aromatic carbocycles. The van der Waals surface area contributed by atoms with Crippen LogP contribution in [0, 0.1) is 0 Å². The summed E-state index contributed by atoms with van der Waals surface area (Å²) in [6.45, 7) is 0.0723. The number of benzene rings is 3. The molecule has 3 heterocycles. The number of ether oxygens (including phenoxy) is 2. The fraction of sp³-hybridized carbons (Fsp3) is 0.0938. The number of aromatic nitrogens is 1. The highest BCUT2D eigenvalue weighted by molar-refractivity contribution is 6.16. The average Bonchev–Trinajstić information content (AvgIpc) is 3.53. The molecule has 0 saturated carbocycles. The predicted octanol–water partition coefficient (Wildman–Crippen LogP) is 6.41. The third kappa shape index (κ3) is 4.56. The van der Waals surface area contributed by atoms with Gasteiger partial charge in [-0.05, 0) is 54.1 Å². The third-order valence-electron chi connectivity index (χ3n) is 6.71. The Morgan fingerprint density at radius 2 is 1.73 bits per heavy atom. The van der Waals surface area contributed by atoms with Crippen molar-refractivity contribution in [1.29, 1.82) is 0 Å². The molecule has 1 amide bonds. The van der Waals surface area contributed by atoms with Crippen molar-refractivity contribution in [3.63, 3.8) is 0 Å². The lowest BCUT2D eigenvalue weighted by Gasteiger charge is -2.26. The smallest absolute Gasteiger partial charge is 0.290 e. The lowest BCUT2D eigenvalue weighted by molar-refractivity contribution is -0.130. The number of hydrogen-bond acceptors (Lipinski definition) is 7. The number of pyridine rings is 1. The van der Waals surface area contributed by atoms with Crippen LogP contribution in [-0.4, -0.2) is 33.8 Å². The van der Waals surface area contributed by atoms with Gasteiger partial charge in [0.15, 0.2) is 22.9 Å². The highest BCUT2D eigenvalue weighted by atomic mass is 16.5. The molecule has 5 aromatic rings. The molecular formula is C32H24N2O6. The van der Waals surface area contributed by atoms with Crippen molar-refractivity contribution >= 4 is 22.7 Å². The number of Topliss-reactive ketones (excluding diaryl/α,β-unsaturated/α-hetero) is 1. The van der Waals surface area contributed by atoms with Crippen LogP contribution in [0.4, 0.5) is 0 Å². The summed E-state index contributed by atoms with van der Waals surface area (Å²) in [5.74, 6) is -0.313. The van der Waals surface area contributed by atoms with E-state index in [0.717, 1.165) is 0 Å². The molecule has 0 radical (unpaired) electrons. The van der Waals surface area contributed by atoms with Gasteiger partial charge in [0, 0.05) is 11.6 Å². The fourth-order valence-corrected chi connectivity index (χ4v) is 4.88. The summed E-state index contributed by atoms with van der Waals surface area (Å²) in [7, 11) is 1.51. The summed E-state index contributed by atoms with van der Waals surface area (Å²) >= 11 is 0. The summed E-state index contributed by atoms with van der Waals surface area (Å²) in [5, 5.41) is 11.8. The number of methoxy groups -OCH3 is 1. The summed E-state index contributed by atoms with van der Waals surface area (Å²) in [5.41, 5.74) is 1.50. The Kier molecular flexibility index (Phi) is 6.49. The maximum Gasteiger partial charge on any atom is 0.290 e. The summed E-state index contributed by atoms with van der Waals surface area (Å²) in [6, 6.07) is 27.7. The van der Waals surface area contributed by atoms with E-state index in [-0.39, 0.29) is 17.9 Å². The third-order valence-corrected chi connectivity index (χ3v) is 6.71. The van der Waals surface area contributed by atoms with Crippen molar-refractivity contribution in [3.8, 4) is 17.2 Å². The second-order valence-electron chi connectivity index (χ2n) is 9.22. The Morgan fingerprint density at radius 3 is 2.50 bits per heavy atom. The van der Waals surface area contributed by atoms with E-state index in [1.807, 2.05) is 36.4 Å². The Morgan fingerprint density at radius 1 is 0.950 bits per heavy atom. The van der Waals surface area contributed by atoms with Gasteiger partial charge in [0.05, 0.1) is 31.0 Å². The van der Waals surface area contributed by atoms with Gasteiger partial charge < -0.3 is 23.9 Å². The van der Waals surface area contributed by atoms with E-state index < -0.39 is 23.5 Å². The van der Waals surface area contributed by atoms with Crippen molar-refractivity contribution in [1.82, 2.24) is 9.88 Å². The van der Waals surface area contributed by atoms with Crippen LogP contribution in [0.25, 0.3) is 11.0 Å². The Bertz CT molecular complexity index is 1740. The standard InChI is InChI=1S/C32H24N2O6/c1-38-25-15-8-10-21-18-26(40-31(21)25)29(35)27-28(34(32(37)30(27)36)19-22-11-5-6-16-33-22)20-9-7-14-24(17-20)39-23-12-3-2-4-13-23/h2-18,28,36H,19H2,1H3. The topological polar surface area (TPSA) is 102 Å². The molecule has 1 aliphatic rings. The predicted molar refractivity (Wildman–Crippen MR) is 147 cm³/mol. The molecule has 8 nitrogen and oxygen atoms in total. The second-order valence-corrected chi connectivity index (χ2v) is 9.22. The number of carbonyl (C=O) groups is 2. The zero-order valence-corrected chi connectivity index (χ0v) is 21.5. The van der Waals surface area contributed by atoms with Gasteiger partial charge >= 0.3 is 0 Å². The second kappa shape index (κ2) is 10.4. The highest BCUT2D eigenvalue weighted by Gasteiger charge is 2.45. The number of ketones is 1. The van der Waals surface area contributed by atoms with Gasteiger partial charge in [-0.3, -0.25) is 14.6 Å². The Hall–Kier alpha value is -5.37. The van der Waals surface area contributed by atoms with Crippen LogP contribution < -0.4 is 9.47 Å². The lowest BCUT2D eigenvalue weighted by Crippen LogP contribution is -2.31. The number of carbonyl (C=O) groups excluding carboxylic acids is 2. The highest BCUT2D eigenvalue weighted by Crippen LogP contribution is 2.42. The van der Waals surface area contributed by atoms with E-state index in [1.54, 1.807) is 66.9 Å². The molecule has 0 fully saturated rings. The number of rotatable bonds is 8. The minimum absolute atomic E-state index is 0.0183. The van der Waals surface area contributed by atoms with Gasteiger partial charge in [0.25, 0.3) is 5.91 Å². The first-order valence-corrected chi connectivity index (χ1v) is 12.6. The lowest BCUT2D eigenvalue weighted by atomic mass is 9.94. The molecule has 0 bridgehead atoms. The van der Waals surface area contributed by atoms with E-state index in [9.17, 15) is 14.7 Å². The number of amides is 1. The molecule has 2 aromatic heterocycles. The average molecular weight is 533 g/mol. The van der Waals surface area contributed by atoms with Gasteiger partial charge in [-0.2, -0.15) is 0 Å². The van der Waals surface area contributed by atoms with Crippen molar-refractivity contribution in [2.75, 3.05) is 7.11 Å². The van der Waals surface area contributed by atoms with Crippen LogP contribution in [0.2, 0.25) is 0 Å². The van der Waals surface area contributed by atoms with E-state index in [2.05, 4.69) is 4.98 Å². The minimum Gasteiger partial charge on any atom is -0.503 e. The largest absolute Gasteiger partial charge is 0.503 e. The maximum absolute atomic E-state index is 14.0. The van der Waals surface area contributed by atoms with Crippen molar-refractivity contribution < 1.29 is 28.6 Å². The molecular weight excluding hydrogens is 508 g/mol. The monoisotopic (exact) mass is 532 g/mol. The number of aliphatic hydroxyl groups excluding tert-OH is 1. The van der Waals surface area contributed by atoms with Crippen LogP contribution in [-0.2, 0) is 11.3 Å². The molecule has 1 aliphatic heterocycles. The van der Waals surface area contributed by atoms with Crippen LogP contribution in [0.1, 0.15) is 27.9 Å². The number of nitrogens with zero attached hydrogens (tertiary/aromatic N) is 2. The van der Waals surface area contributed by atoms with E-state index in [4.69, 9.17) is 13.9 Å². The maximum atomic E-state index is 14.0. The first-order chi connectivity index (χ1) is 19.5.